The molecular formula is C4H10N4O2. The number of hydrazine groups is 1. The van der Waals surface area contributed by atoms with Gasteiger partial charge in [0, 0.05) is 0 Å². The third kappa shape index (κ3) is 4.85. The van der Waals surface area contributed by atoms with Crippen LogP contribution in [-0.2, 0) is 4.79 Å². The Labute approximate surface area is 58.1 Å². The molecule has 0 aliphatic heterocycles. The number of amidine groups is 1. The molecule has 0 rings (SSSR count). The molecule has 0 aliphatic carbocycles. The minimum absolute atomic E-state index is 0.226. The molecule has 6 nitrogen and oxygen atoms in total. The molecule has 0 spiro atoms. The molecule has 0 saturated heterocycles. The summed E-state index contributed by atoms with van der Waals surface area (Å²) in [5, 5.41) is 12.4. The van der Waals surface area contributed by atoms with E-state index in [9.17, 15) is 4.79 Å². The van der Waals surface area contributed by atoms with Crippen LogP contribution in [0, 0.1) is 0 Å². The lowest BCUT2D eigenvalue weighted by Gasteiger charge is -2.08. The number of hydrogen-bond acceptors (Lipinski definition) is 4. The molecule has 10 heavy (non-hydrogen) atoms. The van der Waals surface area contributed by atoms with Gasteiger partial charge in [0.05, 0.1) is 0 Å². The summed E-state index contributed by atoms with van der Waals surface area (Å²) in [5.74, 6) is 4.24. The number of hydrazone groups is 1. The molecule has 0 fully saturated rings. The van der Waals surface area contributed by atoms with Crippen LogP contribution in [0.3, 0.4) is 0 Å². The summed E-state index contributed by atoms with van der Waals surface area (Å²) in [6, 6.07) is 0. The number of aliphatic carboxylic acids is 1. The Hall–Kier alpha value is -1.30. The number of hydrogen-bond donors (Lipinski definition) is 3. The van der Waals surface area contributed by atoms with Crippen molar-refractivity contribution in [3.05, 3.63) is 0 Å². The Bertz CT molecular complexity index is 151. The van der Waals surface area contributed by atoms with Gasteiger partial charge in [-0.05, 0) is 6.92 Å². The molecule has 0 aliphatic rings. The van der Waals surface area contributed by atoms with Crippen molar-refractivity contribution in [2.45, 2.75) is 6.92 Å². The summed E-state index contributed by atoms with van der Waals surface area (Å²) in [5.41, 5.74) is 5.10. The summed E-state index contributed by atoms with van der Waals surface area (Å²) in [7, 11) is 0. The van der Waals surface area contributed by atoms with Gasteiger partial charge in [-0.2, -0.15) is 0 Å². The average Bonchev–Trinajstić information content (AvgIpc) is 1.58. The van der Waals surface area contributed by atoms with Crippen molar-refractivity contribution in [2.24, 2.45) is 16.7 Å². The lowest BCUT2D eigenvalue weighted by Crippen LogP contribution is -2.33. The molecular weight excluding hydrogens is 136 g/mol. The van der Waals surface area contributed by atoms with Crippen LogP contribution in [0.5, 0.6) is 0 Å². The maximum absolute atomic E-state index is 9.96. The highest BCUT2D eigenvalue weighted by molar-refractivity contribution is 5.77. The lowest BCUT2D eigenvalue weighted by atomic mass is 10.7. The molecule has 0 radical (unpaired) electrons. The highest BCUT2D eigenvalue weighted by atomic mass is 16.4. The van der Waals surface area contributed by atoms with E-state index < -0.39 is 5.97 Å². The van der Waals surface area contributed by atoms with Crippen molar-refractivity contribution in [1.82, 2.24) is 5.12 Å². The smallest absolute Gasteiger partial charge is 0.326 e. The number of nitrogens with two attached hydrogens (primary N) is 2. The van der Waals surface area contributed by atoms with Crippen LogP contribution in [0.15, 0.2) is 5.10 Å². The van der Waals surface area contributed by atoms with Crippen molar-refractivity contribution in [3.63, 3.8) is 0 Å². The second-order valence-corrected chi connectivity index (χ2v) is 1.73. The molecule has 0 atom stereocenters. The number of carboxylic acid groups (broad SMARTS) is 1. The summed E-state index contributed by atoms with van der Waals surface area (Å²) in [6.45, 7) is 1.16. The van der Waals surface area contributed by atoms with Crippen LogP contribution in [0.1, 0.15) is 6.92 Å². The van der Waals surface area contributed by atoms with Crippen LogP contribution >= 0.6 is 0 Å². The summed E-state index contributed by atoms with van der Waals surface area (Å²) in [6.07, 6.45) is 0. The number of rotatable bonds is 3. The molecule has 0 aromatic carbocycles. The number of carbonyl (C=O) groups is 1. The third-order valence-electron chi connectivity index (χ3n) is 0.583. The van der Waals surface area contributed by atoms with Gasteiger partial charge in [0.25, 0.3) is 0 Å². The van der Waals surface area contributed by atoms with Gasteiger partial charge in [0.2, 0.25) is 0 Å². The average molecular weight is 146 g/mol. The first-order chi connectivity index (χ1) is 4.52. The quantitative estimate of drug-likeness (QED) is 0.195. The van der Waals surface area contributed by atoms with Gasteiger partial charge in [-0.1, -0.05) is 0 Å². The van der Waals surface area contributed by atoms with Crippen LogP contribution < -0.4 is 11.6 Å². The van der Waals surface area contributed by atoms with Gasteiger partial charge in [-0.15, -0.1) is 5.10 Å². The van der Waals surface area contributed by atoms with Gasteiger partial charge in [-0.3, -0.25) is 4.79 Å². The largest absolute Gasteiger partial charge is 0.480 e. The minimum Gasteiger partial charge on any atom is -0.480 e. The van der Waals surface area contributed by atoms with Gasteiger partial charge in [0.1, 0.15) is 5.84 Å². The van der Waals surface area contributed by atoms with Crippen molar-refractivity contribution in [2.75, 3.05) is 6.54 Å². The van der Waals surface area contributed by atoms with E-state index in [4.69, 9.17) is 16.7 Å². The second kappa shape index (κ2) is 3.67. The van der Waals surface area contributed by atoms with Crippen LogP contribution in [0.2, 0.25) is 0 Å². The highest BCUT2D eigenvalue weighted by Crippen LogP contribution is 1.77. The number of nitrogens with zero attached hydrogens (tertiary/aromatic N) is 2. The predicted molar refractivity (Wildman–Crippen MR) is 35.8 cm³/mol. The maximum atomic E-state index is 9.96. The van der Waals surface area contributed by atoms with E-state index in [1.165, 1.54) is 6.92 Å². The van der Waals surface area contributed by atoms with E-state index in [0.29, 0.717) is 0 Å². The highest BCUT2D eigenvalue weighted by Gasteiger charge is 2.00. The standard InChI is InChI=1S/C4H10N4O2/c1-3(5)7-8(6)2-4(9)10/h2,6H2,1H3,(H2,5,7)(H,9,10). The van der Waals surface area contributed by atoms with Gasteiger partial charge >= 0.3 is 5.97 Å². The fourth-order valence-electron chi connectivity index (χ4n) is 0.377. The number of carboxylic acids is 1. The monoisotopic (exact) mass is 146 g/mol. The summed E-state index contributed by atoms with van der Waals surface area (Å²) in [4.78, 5) is 9.96. The van der Waals surface area contributed by atoms with E-state index in [1.54, 1.807) is 0 Å². The van der Waals surface area contributed by atoms with E-state index in [0.717, 1.165) is 5.12 Å². The fraction of sp³-hybridized carbons (Fsp3) is 0.500. The van der Waals surface area contributed by atoms with E-state index in [1.807, 2.05) is 0 Å². The molecule has 0 bridgehead atoms. The normalized spacial score (nSPS) is 11.2. The topological polar surface area (TPSA) is 105 Å². The molecule has 5 N–H and O–H groups in total. The van der Waals surface area contributed by atoms with Gasteiger partial charge in [-0.25, -0.2) is 11.0 Å². The van der Waals surface area contributed by atoms with Gasteiger partial charge < -0.3 is 10.8 Å². The first-order valence-corrected chi connectivity index (χ1v) is 2.57. The molecule has 58 valence electrons. The molecule has 0 saturated carbocycles. The second-order valence-electron chi connectivity index (χ2n) is 1.73. The maximum Gasteiger partial charge on any atom is 0.326 e. The first-order valence-electron chi connectivity index (χ1n) is 2.57. The van der Waals surface area contributed by atoms with Crippen molar-refractivity contribution in [3.8, 4) is 0 Å². The van der Waals surface area contributed by atoms with Crippen LogP contribution in [-0.4, -0.2) is 28.6 Å². The third-order valence-corrected chi connectivity index (χ3v) is 0.583. The van der Waals surface area contributed by atoms with E-state index >= 15 is 0 Å². The summed E-state index contributed by atoms with van der Waals surface area (Å²) >= 11 is 0. The molecule has 0 aromatic heterocycles. The molecule has 0 amide bonds. The van der Waals surface area contributed by atoms with Crippen LogP contribution in [0.4, 0.5) is 0 Å². The molecule has 0 unspecified atom stereocenters. The zero-order valence-electron chi connectivity index (χ0n) is 5.61. The molecule has 6 heteroatoms. The zero-order chi connectivity index (χ0) is 8.15. The van der Waals surface area contributed by atoms with E-state index in [2.05, 4.69) is 5.10 Å². The Morgan fingerprint density at radius 2 is 2.30 bits per heavy atom. The Morgan fingerprint density at radius 1 is 1.80 bits per heavy atom. The SMILES string of the molecule is C/C(N)=N/N(N)CC(=O)O. The van der Waals surface area contributed by atoms with Crippen molar-refractivity contribution in [1.29, 1.82) is 0 Å². The molecule has 0 heterocycles. The van der Waals surface area contributed by atoms with Crippen LogP contribution in [0.25, 0.3) is 0 Å². The van der Waals surface area contributed by atoms with Crippen molar-refractivity contribution >= 4 is 11.8 Å². The minimum atomic E-state index is -1.05. The predicted octanol–water partition coefficient (Wildman–Crippen LogP) is -1.46. The van der Waals surface area contributed by atoms with Gasteiger partial charge in [0.15, 0.2) is 6.54 Å². The van der Waals surface area contributed by atoms with E-state index in [-0.39, 0.29) is 12.4 Å². The summed E-state index contributed by atoms with van der Waals surface area (Å²) < 4.78 is 0. The Balaban J connectivity index is 3.75. The fourth-order valence-corrected chi connectivity index (χ4v) is 0.377. The Kier molecular flexibility index (Phi) is 3.20. The van der Waals surface area contributed by atoms with Crippen molar-refractivity contribution < 1.29 is 9.90 Å². The zero-order valence-corrected chi connectivity index (χ0v) is 5.61. The lowest BCUT2D eigenvalue weighted by molar-refractivity contribution is -0.138. The first kappa shape index (κ1) is 8.70. The molecule has 0 aromatic rings. The Morgan fingerprint density at radius 3 is 2.60 bits per heavy atom.